The zero-order valence-electron chi connectivity index (χ0n) is 10.0. The molecule has 0 fully saturated rings. The molecule has 0 aromatic carbocycles. The molecule has 2 aromatic rings. The Morgan fingerprint density at radius 3 is 2.55 bits per heavy atom. The standard InChI is InChI=1S/C11H9F3N2S4/c12-8(9(13)14)3-5-18-10-15-16-11(20-10)19-6-7-2-1-4-17-7/h1-2,4H,3,5-6H2. The Morgan fingerprint density at radius 2 is 1.90 bits per heavy atom. The monoisotopic (exact) mass is 354 g/mol. The highest BCUT2D eigenvalue weighted by Gasteiger charge is 2.09. The average molecular weight is 354 g/mol. The Kier molecular flexibility index (Phi) is 6.40. The minimum atomic E-state index is -2.24. The maximum atomic E-state index is 12.6. The number of allylic oxidation sites excluding steroid dienone is 1. The van der Waals surface area contributed by atoms with E-state index in [4.69, 9.17) is 0 Å². The summed E-state index contributed by atoms with van der Waals surface area (Å²) in [6.45, 7) is 0. The van der Waals surface area contributed by atoms with Crippen molar-refractivity contribution in [1.29, 1.82) is 0 Å². The molecule has 2 rings (SSSR count). The van der Waals surface area contributed by atoms with E-state index in [0.29, 0.717) is 4.34 Å². The van der Waals surface area contributed by atoms with Gasteiger partial charge < -0.3 is 0 Å². The van der Waals surface area contributed by atoms with Gasteiger partial charge in [0.1, 0.15) is 0 Å². The van der Waals surface area contributed by atoms with Crippen LogP contribution in [0, 0.1) is 0 Å². The summed E-state index contributed by atoms with van der Waals surface area (Å²) in [5, 5.41) is 9.97. The number of nitrogens with zero attached hydrogens (tertiary/aromatic N) is 2. The highest BCUT2D eigenvalue weighted by molar-refractivity contribution is 8.02. The van der Waals surface area contributed by atoms with Crippen LogP contribution in [0.4, 0.5) is 13.2 Å². The summed E-state index contributed by atoms with van der Waals surface area (Å²) in [5.41, 5.74) is 0. The zero-order valence-corrected chi connectivity index (χ0v) is 13.3. The largest absolute Gasteiger partial charge is 0.301 e. The van der Waals surface area contributed by atoms with Gasteiger partial charge in [-0.05, 0) is 11.4 Å². The molecule has 0 N–H and O–H groups in total. The summed E-state index contributed by atoms with van der Waals surface area (Å²) in [4.78, 5) is 1.25. The van der Waals surface area contributed by atoms with Gasteiger partial charge in [-0.1, -0.05) is 40.9 Å². The van der Waals surface area contributed by atoms with E-state index >= 15 is 0 Å². The van der Waals surface area contributed by atoms with Crippen LogP contribution in [0.3, 0.4) is 0 Å². The van der Waals surface area contributed by atoms with E-state index in [-0.39, 0.29) is 12.2 Å². The first-order valence-corrected chi connectivity index (χ1v) is 9.13. The van der Waals surface area contributed by atoms with Crippen LogP contribution in [-0.2, 0) is 5.75 Å². The first kappa shape index (κ1) is 15.9. The second-order valence-corrected chi connectivity index (χ2v) is 8.04. The summed E-state index contributed by atoms with van der Waals surface area (Å²) >= 11 is 5.90. The highest BCUT2D eigenvalue weighted by Crippen LogP contribution is 2.32. The molecule has 0 unspecified atom stereocenters. The van der Waals surface area contributed by atoms with Crippen LogP contribution < -0.4 is 0 Å². The molecule has 2 heterocycles. The minimum absolute atomic E-state index is 0.230. The third-order valence-corrected chi connectivity index (χ3v) is 6.36. The fourth-order valence-corrected chi connectivity index (χ4v) is 4.96. The van der Waals surface area contributed by atoms with Crippen LogP contribution >= 0.6 is 46.2 Å². The van der Waals surface area contributed by atoms with Gasteiger partial charge in [-0.25, -0.2) is 4.39 Å². The van der Waals surface area contributed by atoms with E-state index in [0.717, 1.165) is 10.1 Å². The van der Waals surface area contributed by atoms with Gasteiger partial charge in [0.2, 0.25) is 0 Å². The van der Waals surface area contributed by atoms with Crippen molar-refractivity contribution in [3.8, 4) is 0 Å². The summed E-state index contributed by atoms with van der Waals surface area (Å²) in [6, 6.07) is 4.04. The van der Waals surface area contributed by atoms with Crippen molar-refractivity contribution in [2.75, 3.05) is 5.75 Å². The topological polar surface area (TPSA) is 25.8 Å². The van der Waals surface area contributed by atoms with Gasteiger partial charge in [0, 0.05) is 22.8 Å². The van der Waals surface area contributed by atoms with Crippen molar-refractivity contribution in [1.82, 2.24) is 10.2 Å². The van der Waals surface area contributed by atoms with Crippen LogP contribution in [0.5, 0.6) is 0 Å². The molecule has 0 spiro atoms. The molecule has 0 amide bonds. The molecule has 0 radical (unpaired) electrons. The lowest BCUT2D eigenvalue weighted by molar-refractivity contribution is 0.373. The maximum absolute atomic E-state index is 12.6. The summed E-state index contributed by atoms with van der Waals surface area (Å²) in [5.74, 6) is -0.288. The lowest BCUT2D eigenvalue weighted by Crippen LogP contribution is -1.82. The number of aromatic nitrogens is 2. The normalized spacial score (nSPS) is 10.8. The van der Waals surface area contributed by atoms with Gasteiger partial charge in [0.25, 0.3) is 0 Å². The lowest BCUT2D eigenvalue weighted by Gasteiger charge is -1.94. The van der Waals surface area contributed by atoms with Crippen LogP contribution in [0.15, 0.2) is 38.1 Å². The van der Waals surface area contributed by atoms with Gasteiger partial charge >= 0.3 is 6.08 Å². The lowest BCUT2D eigenvalue weighted by atomic mass is 10.4. The molecule has 0 bridgehead atoms. The number of hydrogen-bond donors (Lipinski definition) is 0. The predicted octanol–water partition coefficient (Wildman–Crippen LogP) is 5.45. The molecule has 0 aliphatic rings. The van der Waals surface area contributed by atoms with Crippen molar-refractivity contribution >= 4 is 46.2 Å². The quantitative estimate of drug-likeness (QED) is 0.617. The van der Waals surface area contributed by atoms with E-state index < -0.39 is 11.9 Å². The number of halogens is 3. The first-order chi connectivity index (χ1) is 9.65. The van der Waals surface area contributed by atoms with Crippen molar-refractivity contribution in [3.05, 3.63) is 34.3 Å². The Hall–Kier alpha value is -0.510. The van der Waals surface area contributed by atoms with Gasteiger partial charge in [-0.2, -0.15) is 8.78 Å². The fraction of sp³-hybridized carbons (Fsp3) is 0.273. The third kappa shape index (κ3) is 5.12. The molecule has 0 aliphatic carbocycles. The smallest absolute Gasteiger partial charge is 0.206 e. The van der Waals surface area contributed by atoms with Crippen molar-refractivity contribution in [2.45, 2.75) is 20.9 Å². The third-order valence-electron chi connectivity index (χ3n) is 2.06. The number of rotatable bonds is 7. The molecule has 0 saturated heterocycles. The van der Waals surface area contributed by atoms with E-state index in [1.807, 2.05) is 11.4 Å². The molecule has 0 saturated carbocycles. The van der Waals surface area contributed by atoms with Gasteiger partial charge in [-0.3, -0.25) is 0 Å². The van der Waals surface area contributed by atoms with Crippen molar-refractivity contribution in [3.63, 3.8) is 0 Å². The van der Waals surface area contributed by atoms with E-state index in [1.165, 1.54) is 28.0 Å². The van der Waals surface area contributed by atoms with Crippen LogP contribution in [0.2, 0.25) is 0 Å². The van der Waals surface area contributed by atoms with Crippen molar-refractivity contribution in [2.24, 2.45) is 0 Å². The Labute approximate surface area is 130 Å². The molecule has 2 nitrogen and oxygen atoms in total. The molecular formula is C11H9F3N2S4. The molecule has 0 atom stereocenters. The van der Waals surface area contributed by atoms with Crippen molar-refractivity contribution < 1.29 is 13.2 Å². The van der Waals surface area contributed by atoms with E-state index in [2.05, 4.69) is 16.3 Å². The molecule has 2 aromatic heterocycles. The second-order valence-electron chi connectivity index (χ2n) is 3.47. The van der Waals surface area contributed by atoms with E-state index in [1.54, 1.807) is 23.1 Å². The fourth-order valence-electron chi connectivity index (χ4n) is 1.16. The predicted molar refractivity (Wildman–Crippen MR) is 79.5 cm³/mol. The molecule has 0 aliphatic heterocycles. The van der Waals surface area contributed by atoms with Gasteiger partial charge in [-0.15, -0.1) is 21.5 Å². The van der Waals surface area contributed by atoms with Crippen LogP contribution in [0.25, 0.3) is 0 Å². The Balaban J connectivity index is 1.76. The van der Waals surface area contributed by atoms with Crippen LogP contribution in [-0.4, -0.2) is 16.0 Å². The summed E-state index contributed by atoms with van der Waals surface area (Å²) in [6.07, 6.45) is -2.53. The molecular weight excluding hydrogens is 345 g/mol. The second kappa shape index (κ2) is 8.06. The number of thioether (sulfide) groups is 2. The zero-order chi connectivity index (χ0) is 14.4. The number of thiophene rings is 1. The Morgan fingerprint density at radius 1 is 1.15 bits per heavy atom. The molecule has 9 heteroatoms. The SMILES string of the molecule is FC(F)=C(F)CCSc1nnc(SCc2cccs2)s1. The van der Waals surface area contributed by atoms with Gasteiger partial charge in [0.05, 0.1) is 0 Å². The molecule has 108 valence electrons. The minimum Gasteiger partial charge on any atom is -0.206 e. The van der Waals surface area contributed by atoms with E-state index in [9.17, 15) is 13.2 Å². The van der Waals surface area contributed by atoms with Crippen LogP contribution in [0.1, 0.15) is 11.3 Å². The Bertz CT molecular complexity index is 564. The summed E-state index contributed by atoms with van der Waals surface area (Å²) < 4.78 is 37.8. The highest BCUT2D eigenvalue weighted by atomic mass is 32.2. The first-order valence-electron chi connectivity index (χ1n) is 5.46. The number of hydrogen-bond acceptors (Lipinski definition) is 6. The average Bonchev–Trinajstić information content (AvgIpc) is 3.07. The molecule has 20 heavy (non-hydrogen) atoms. The summed E-state index contributed by atoms with van der Waals surface area (Å²) in [7, 11) is 0. The van der Waals surface area contributed by atoms with Gasteiger partial charge in [0.15, 0.2) is 14.5 Å². The maximum Gasteiger partial charge on any atom is 0.301 e.